The molecule has 1 heterocycles. The molecule has 1 aromatic carbocycles. The highest BCUT2D eigenvalue weighted by Gasteiger charge is 2.19. The third kappa shape index (κ3) is 3.83. The Morgan fingerprint density at radius 3 is 2.57 bits per heavy atom. The highest BCUT2D eigenvalue weighted by atomic mass is 35.5. The number of aliphatic hydroxyl groups is 1. The van der Waals surface area contributed by atoms with E-state index in [1.54, 1.807) is 18.9 Å². The lowest BCUT2D eigenvalue weighted by atomic mass is 10.0. The Morgan fingerprint density at radius 1 is 1.24 bits per heavy atom. The molecular formula is C15H19ClN2O3. The van der Waals surface area contributed by atoms with E-state index in [1.165, 1.54) is 6.20 Å². The van der Waals surface area contributed by atoms with E-state index in [4.69, 9.17) is 21.1 Å². The summed E-state index contributed by atoms with van der Waals surface area (Å²) < 4.78 is 11.8. The molecule has 2 rings (SSSR count). The van der Waals surface area contributed by atoms with Gasteiger partial charge in [-0.15, -0.1) is 0 Å². The fraction of sp³-hybridized carbons (Fsp3) is 0.400. The molecule has 5 nitrogen and oxygen atoms in total. The van der Waals surface area contributed by atoms with Gasteiger partial charge in [0.15, 0.2) is 0 Å². The highest BCUT2D eigenvalue weighted by Crippen LogP contribution is 2.28. The van der Waals surface area contributed by atoms with Crippen LogP contribution in [0.3, 0.4) is 0 Å². The van der Waals surface area contributed by atoms with E-state index in [2.05, 4.69) is 5.10 Å². The average molecular weight is 311 g/mol. The predicted octanol–water partition coefficient (Wildman–Crippen LogP) is 2.41. The summed E-state index contributed by atoms with van der Waals surface area (Å²) in [4.78, 5) is 0. The lowest BCUT2D eigenvalue weighted by Gasteiger charge is -2.15. The first kappa shape index (κ1) is 16.0. The van der Waals surface area contributed by atoms with Crippen molar-refractivity contribution in [1.29, 1.82) is 0 Å². The van der Waals surface area contributed by atoms with Crippen molar-refractivity contribution >= 4 is 11.6 Å². The van der Waals surface area contributed by atoms with Gasteiger partial charge < -0.3 is 14.6 Å². The number of halogens is 1. The summed E-state index contributed by atoms with van der Waals surface area (Å²) in [5, 5.41) is 15.2. The van der Waals surface area contributed by atoms with Crippen molar-refractivity contribution in [2.75, 3.05) is 20.8 Å². The Hall–Kier alpha value is -1.40. The first-order chi connectivity index (χ1) is 10.2. The van der Waals surface area contributed by atoms with Crippen LogP contribution >= 0.6 is 11.6 Å². The lowest BCUT2D eigenvalue weighted by molar-refractivity contribution is 0.171. The van der Waals surface area contributed by atoms with Crippen molar-refractivity contribution in [3.8, 4) is 0 Å². The van der Waals surface area contributed by atoms with Crippen LogP contribution in [0.4, 0.5) is 0 Å². The Kier molecular flexibility index (Phi) is 5.76. The maximum atomic E-state index is 10.5. The topological polar surface area (TPSA) is 56.5 Å². The molecule has 0 aliphatic heterocycles. The predicted molar refractivity (Wildman–Crippen MR) is 80.3 cm³/mol. The van der Waals surface area contributed by atoms with Crippen LogP contribution in [0.15, 0.2) is 30.5 Å². The van der Waals surface area contributed by atoms with Gasteiger partial charge in [0.1, 0.15) is 6.10 Å². The fourth-order valence-electron chi connectivity index (χ4n) is 2.12. The summed E-state index contributed by atoms with van der Waals surface area (Å²) in [5.41, 5.74) is 2.39. The maximum absolute atomic E-state index is 10.5. The van der Waals surface area contributed by atoms with E-state index in [0.29, 0.717) is 30.5 Å². The number of aliphatic hydroxyl groups excluding tert-OH is 1. The normalized spacial score (nSPS) is 12.6. The summed E-state index contributed by atoms with van der Waals surface area (Å²) >= 11 is 6.15. The van der Waals surface area contributed by atoms with E-state index in [1.807, 2.05) is 24.3 Å². The van der Waals surface area contributed by atoms with Gasteiger partial charge >= 0.3 is 0 Å². The van der Waals surface area contributed by atoms with Gasteiger partial charge in [-0.05, 0) is 11.1 Å². The molecule has 2 aromatic rings. The minimum atomic E-state index is -0.826. The Labute approximate surface area is 129 Å². The molecule has 21 heavy (non-hydrogen) atoms. The standard InChI is InChI=1S/C15H19ClN2O3/c1-20-8-7-18-14(13(16)9-17-18)15(19)12-5-3-11(4-6-12)10-21-2/h3-6,9,15,19H,7-8,10H2,1-2H3. The molecule has 1 N–H and O–H groups in total. The fourth-order valence-corrected chi connectivity index (χ4v) is 2.36. The van der Waals surface area contributed by atoms with Crippen molar-refractivity contribution in [3.05, 3.63) is 52.3 Å². The monoisotopic (exact) mass is 310 g/mol. The van der Waals surface area contributed by atoms with Crippen LogP contribution in [-0.2, 0) is 22.6 Å². The van der Waals surface area contributed by atoms with Gasteiger partial charge in [0.25, 0.3) is 0 Å². The molecule has 0 amide bonds. The number of hydrogen-bond donors (Lipinski definition) is 1. The summed E-state index contributed by atoms with van der Waals surface area (Å²) in [6.07, 6.45) is 0.711. The average Bonchev–Trinajstić information content (AvgIpc) is 2.86. The van der Waals surface area contributed by atoms with E-state index >= 15 is 0 Å². The number of benzene rings is 1. The summed E-state index contributed by atoms with van der Waals surface area (Å²) in [6.45, 7) is 1.59. The molecule has 0 saturated heterocycles. The first-order valence-corrected chi connectivity index (χ1v) is 7.01. The second kappa shape index (κ2) is 7.56. The minimum Gasteiger partial charge on any atom is -0.383 e. The molecule has 0 spiro atoms. The van der Waals surface area contributed by atoms with Gasteiger partial charge in [-0.25, -0.2) is 0 Å². The van der Waals surface area contributed by atoms with Gasteiger partial charge in [0.2, 0.25) is 0 Å². The zero-order valence-corrected chi connectivity index (χ0v) is 12.9. The molecule has 6 heteroatoms. The zero-order valence-electron chi connectivity index (χ0n) is 12.1. The largest absolute Gasteiger partial charge is 0.383 e. The van der Waals surface area contributed by atoms with Gasteiger partial charge in [0.05, 0.1) is 36.7 Å². The Bertz CT molecular complexity index is 569. The zero-order chi connectivity index (χ0) is 15.2. The SMILES string of the molecule is COCCn1ncc(Cl)c1C(O)c1ccc(COC)cc1. The smallest absolute Gasteiger partial charge is 0.122 e. The molecule has 1 atom stereocenters. The van der Waals surface area contributed by atoms with E-state index in [0.717, 1.165) is 11.1 Å². The molecule has 0 radical (unpaired) electrons. The quantitative estimate of drug-likeness (QED) is 0.853. The molecule has 1 unspecified atom stereocenters. The van der Waals surface area contributed by atoms with E-state index < -0.39 is 6.10 Å². The Balaban J connectivity index is 2.22. The summed E-state index contributed by atoms with van der Waals surface area (Å²) in [7, 11) is 3.27. The van der Waals surface area contributed by atoms with Gasteiger partial charge in [-0.1, -0.05) is 35.9 Å². The lowest BCUT2D eigenvalue weighted by Crippen LogP contribution is -2.13. The van der Waals surface area contributed by atoms with Crippen LogP contribution < -0.4 is 0 Å². The second-order valence-corrected chi connectivity index (χ2v) is 5.08. The van der Waals surface area contributed by atoms with E-state index in [-0.39, 0.29) is 0 Å². The molecule has 0 saturated carbocycles. The molecule has 1 aromatic heterocycles. The summed E-state index contributed by atoms with van der Waals surface area (Å²) in [6, 6.07) is 7.57. The van der Waals surface area contributed by atoms with Crippen LogP contribution in [0.1, 0.15) is 22.9 Å². The molecule has 0 fully saturated rings. The van der Waals surface area contributed by atoms with Crippen molar-refractivity contribution in [3.63, 3.8) is 0 Å². The minimum absolute atomic E-state index is 0.444. The van der Waals surface area contributed by atoms with Crippen LogP contribution in [0.5, 0.6) is 0 Å². The second-order valence-electron chi connectivity index (χ2n) is 4.67. The number of rotatable bonds is 7. The molecule has 0 aliphatic carbocycles. The number of methoxy groups -OCH3 is 2. The molecule has 114 valence electrons. The maximum Gasteiger partial charge on any atom is 0.122 e. The van der Waals surface area contributed by atoms with Gasteiger partial charge in [0, 0.05) is 14.2 Å². The van der Waals surface area contributed by atoms with Crippen molar-refractivity contribution in [2.24, 2.45) is 0 Å². The first-order valence-electron chi connectivity index (χ1n) is 6.63. The third-order valence-corrected chi connectivity index (χ3v) is 3.50. The molecular weight excluding hydrogens is 292 g/mol. The number of ether oxygens (including phenoxy) is 2. The molecule has 0 aliphatic rings. The van der Waals surface area contributed by atoms with Crippen molar-refractivity contribution in [2.45, 2.75) is 19.3 Å². The number of aromatic nitrogens is 2. The molecule has 0 bridgehead atoms. The van der Waals surface area contributed by atoms with E-state index in [9.17, 15) is 5.11 Å². The van der Waals surface area contributed by atoms with Crippen LogP contribution in [0, 0.1) is 0 Å². The number of hydrogen-bond acceptors (Lipinski definition) is 4. The third-order valence-electron chi connectivity index (χ3n) is 3.21. The van der Waals surface area contributed by atoms with Crippen LogP contribution in [0.25, 0.3) is 0 Å². The van der Waals surface area contributed by atoms with Crippen molar-refractivity contribution in [1.82, 2.24) is 9.78 Å². The van der Waals surface area contributed by atoms with Crippen LogP contribution in [-0.4, -0.2) is 35.7 Å². The van der Waals surface area contributed by atoms with Gasteiger partial charge in [-0.3, -0.25) is 4.68 Å². The van der Waals surface area contributed by atoms with Crippen LogP contribution in [0.2, 0.25) is 5.02 Å². The highest BCUT2D eigenvalue weighted by molar-refractivity contribution is 6.31. The Morgan fingerprint density at radius 2 is 1.95 bits per heavy atom. The van der Waals surface area contributed by atoms with Gasteiger partial charge in [-0.2, -0.15) is 5.10 Å². The van der Waals surface area contributed by atoms with Crippen molar-refractivity contribution < 1.29 is 14.6 Å². The summed E-state index contributed by atoms with van der Waals surface area (Å²) in [5.74, 6) is 0. The number of nitrogens with zero attached hydrogens (tertiary/aromatic N) is 2.